The topological polar surface area (TPSA) is 46.4 Å². The number of nitroso groups, excluding NO2 is 1. The zero-order valence-electron chi connectivity index (χ0n) is 8.79. The Morgan fingerprint density at radius 1 is 1.46 bits per heavy atom. The van der Waals surface area contributed by atoms with E-state index in [0.717, 1.165) is 9.82 Å². The zero-order valence-corrected chi connectivity index (χ0v) is 8.79. The van der Waals surface area contributed by atoms with E-state index < -0.39 is 5.54 Å². The third-order valence-electron chi connectivity index (χ3n) is 3.06. The second-order valence-corrected chi connectivity index (χ2v) is 4.12. The Morgan fingerprint density at radius 2 is 1.92 bits per heavy atom. The molecule has 1 rings (SSSR count). The molecule has 1 atom stereocenters. The van der Waals surface area contributed by atoms with Crippen LogP contribution in [0.15, 0.2) is 11.4 Å². The number of rotatable bonds is 0. The Kier molecular flexibility index (Phi) is 2.20. The van der Waals surface area contributed by atoms with Crippen molar-refractivity contribution in [3.63, 3.8) is 0 Å². The molecule has 1 aliphatic heterocycles. The molecule has 4 nitrogen and oxygen atoms in total. The molecule has 0 aromatic rings. The van der Waals surface area contributed by atoms with Crippen LogP contribution in [0.2, 0.25) is 0 Å². The van der Waals surface area contributed by atoms with Crippen LogP contribution >= 0.6 is 0 Å². The highest BCUT2D eigenvalue weighted by atomic mass is 16.5. The normalized spacial score (nSPS) is 28.3. The molecular weight excluding hydrogens is 168 g/mol. The standard InChI is InChI=1S/C9H16N2O2/c1-6-7(2)11(13)9(4,5)8(3)10(6)12/h8H,1-5H3/t8-/m0/s1. The van der Waals surface area contributed by atoms with Crippen molar-refractivity contribution < 1.29 is 4.76 Å². The lowest BCUT2D eigenvalue weighted by molar-refractivity contribution is -0.558. The van der Waals surface area contributed by atoms with Crippen LogP contribution in [0.5, 0.6) is 0 Å². The van der Waals surface area contributed by atoms with Crippen molar-refractivity contribution in [3.8, 4) is 0 Å². The summed E-state index contributed by atoms with van der Waals surface area (Å²) in [4.78, 5) is 11.6. The molecule has 1 heterocycles. The molecule has 1 aliphatic rings. The van der Waals surface area contributed by atoms with Crippen molar-refractivity contribution in [1.82, 2.24) is 5.06 Å². The largest absolute Gasteiger partial charge is 0.758 e. The minimum atomic E-state index is -0.647. The van der Waals surface area contributed by atoms with E-state index in [4.69, 9.17) is 0 Å². The Labute approximate surface area is 78.4 Å². The van der Waals surface area contributed by atoms with Crippen molar-refractivity contribution >= 4 is 0 Å². The molecule has 0 N–H and O–H groups in total. The zero-order chi connectivity index (χ0) is 10.4. The van der Waals surface area contributed by atoms with E-state index >= 15 is 0 Å². The van der Waals surface area contributed by atoms with Gasteiger partial charge in [0.25, 0.3) is 0 Å². The summed E-state index contributed by atoms with van der Waals surface area (Å²) in [5.74, 6) is 0. The van der Waals surface area contributed by atoms with Crippen LogP contribution in [0.3, 0.4) is 0 Å². The number of hydrogen-bond acceptors (Lipinski definition) is 3. The monoisotopic (exact) mass is 184 g/mol. The Balaban J connectivity index is 3.23. The quantitative estimate of drug-likeness (QED) is 0.541. The van der Waals surface area contributed by atoms with Crippen LogP contribution in [0.4, 0.5) is 0 Å². The lowest BCUT2D eigenvalue weighted by Gasteiger charge is -2.48. The summed E-state index contributed by atoms with van der Waals surface area (Å²) in [7, 11) is 0. The highest BCUT2D eigenvalue weighted by molar-refractivity contribution is 5.12. The van der Waals surface area contributed by atoms with Gasteiger partial charge in [0.15, 0.2) is 0 Å². The average molecular weight is 184 g/mol. The summed E-state index contributed by atoms with van der Waals surface area (Å²) in [6.07, 6.45) is 0. The SMILES string of the molecule is CC1=C(C)[N+](=O)[C@@H](C)C(C)(C)N1[O-]. The molecule has 0 bridgehead atoms. The molecule has 4 heteroatoms. The molecular formula is C9H16N2O2. The van der Waals surface area contributed by atoms with Gasteiger partial charge >= 0.3 is 0 Å². The maximum Gasteiger partial charge on any atom is 0.248 e. The molecule has 74 valence electrons. The fourth-order valence-corrected chi connectivity index (χ4v) is 1.49. The first kappa shape index (κ1) is 10.2. The van der Waals surface area contributed by atoms with E-state index in [-0.39, 0.29) is 6.04 Å². The minimum absolute atomic E-state index is 0.311. The fraction of sp³-hybridized carbons (Fsp3) is 0.778. The molecule has 0 saturated carbocycles. The predicted octanol–water partition coefficient (Wildman–Crippen LogP) is 2.00. The third kappa shape index (κ3) is 1.25. The fourth-order valence-electron chi connectivity index (χ4n) is 1.49. The molecule has 0 fully saturated rings. The second kappa shape index (κ2) is 2.80. The highest BCUT2D eigenvalue weighted by Crippen LogP contribution is 2.31. The van der Waals surface area contributed by atoms with E-state index in [9.17, 15) is 10.1 Å². The van der Waals surface area contributed by atoms with Crippen molar-refractivity contribution in [2.24, 2.45) is 0 Å². The minimum Gasteiger partial charge on any atom is -0.758 e. The van der Waals surface area contributed by atoms with E-state index in [1.165, 1.54) is 0 Å². The molecule has 13 heavy (non-hydrogen) atoms. The van der Waals surface area contributed by atoms with Crippen molar-refractivity contribution in [2.75, 3.05) is 0 Å². The van der Waals surface area contributed by atoms with E-state index in [2.05, 4.69) is 0 Å². The van der Waals surface area contributed by atoms with Gasteiger partial charge < -0.3 is 10.3 Å². The number of hydrogen-bond donors (Lipinski definition) is 0. The van der Waals surface area contributed by atoms with Crippen LogP contribution in [0.25, 0.3) is 0 Å². The molecule has 0 unspecified atom stereocenters. The molecule has 0 aliphatic carbocycles. The van der Waals surface area contributed by atoms with Gasteiger partial charge in [0.05, 0.1) is 11.2 Å². The summed E-state index contributed by atoms with van der Waals surface area (Å²) in [5.41, 5.74) is 0.380. The summed E-state index contributed by atoms with van der Waals surface area (Å²) in [5, 5.41) is 12.6. The highest BCUT2D eigenvalue weighted by Gasteiger charge is 2.45. The van der Waals surface area contributed by atoms with Gasteiger partial charge in [-0.3, -0.25) is 0 Å². The lowest BCUT2D eigenvalue weighted by Crippen LogP contribution is -2.55. The van der Waals surface area contributed by atoms with Crippen LogP contribution in [0.1, 0.15) is 34.6 Å². The van der Waals surface area contributed by atoms with Crippen LogP contribution in [-0.4, -0.2) is 21.4 Å². The smallest absolute Gasteiger partial charge is 0.248 e. The summed E-state index contributed by atoms with van der Waals surface area (Å²) in [6, 6.07) is -0.311. The van der Waals surface area contributed by atoms with Gasteiger partial charge in [-0.25, -0.2) is 0 Å². The molecule has 0 aromatic carbocycles. The molecule has 0 spiro atoms. The van der Waals surface area contributed by atoms with Crippen molar-refractivity contribution in [2.45, 2.75) is 46.2 Å². The Bertz CT molecular complexity index is 281. The van der Waals surface area contributed by atoms with Crippen LogP contribution in [-0.2, 0) is 0 Å². The maximum atomic E-state index is 11.7. The van der Waals surface area contributed by atoms with Gasteiger partial charge in [-0.05, 0) is 20.8 Å². The van der Waals surface area contributed by atoms with Crippen LogP contribution < -0.4 is 0 Å². The third-order valence-corrected chi connectivity index (χ3v) is 3.06. The number of hydroxylamine groups is 2. The first-order valence-electron chi connectivity index (χ1n) is 4.41. The van der Waals surface area contributed by atoms with Crippen LogP contribution in [0, 0.1) is 10.1 Å². The first-order valence-corrected chi connectivity index (χ1v) is 4.41. The van der Waals surface area contributed by atoms with E-state index in [0.29, 0.717) is 11.4 Å². The summed E-state index contributed by atoms with van der Waals surface area (Å²) in [6.45, 7) is 8.70. The maximum absolute atomic E-state index is 11.7. The Hall–Kier alpha value is -0.900. The van der Waals surface area contributed by atoms with Gasteiger partial charge in [0.1, 0.15) is 0 Å². The predicted molar refractivity (Wildman–Crippen MR) is 50.7 cm³/mol. The second-order valence-electron chi connectivity index (χ2n) is 4.12. The molecule has 0 saturated heterocycles. The van der Waals surface area contributed by atoms with Gasteiger partial charge in [-0.15, -0.1) is 0 Å². The van der Waals surface area contributed by atoms with Crippen molar-refractivity contribution in [1.29, 1.82) is 0 Å². The van der Waals surface area contributed by atoms with Gasteiger partial charge in [0.2, 0.25) is 11.7 Å². The number of allylic oxidation sites excluding steroid dienone is 2. The van der Waals surface area contributed by atoms with Gasteiger partial charge in [-0.2, -0.15) is 0 Å². The molecule has 0 amide bonds. The number of nitrogens with zero attached hydrogens (tertiary/aromatic N) is 2. The van der Waals surface area contributed by atoms with Gasteiger partial charge in [0, 0.05) is 23.5 Å². The lowest BCUT2D eigenvalue weighted by atomic mass is 9.92. The summed E-state index contributed by atoms with van der Waals surface area (Å²) >= 11 is 0. The van der Waals surface area contributed by atoms with E-state index in [1.54, 1.807) is 34.6 Å². The summed E-state index contributed by atoms with van der Waals surface area (Å²) < 4.78 is 0.920. The average Bonchev–Trinajstić information content (AvgIpc) is 2.09. The molecule has 0 aromatic heterocycles. The first-order chi connectivity index (χ1) is 5.80. The molecule has 0 radical (unpaired) electrons. The van der Waals surface area contributed by atoms with E-state index in [1.807, 2.05) is 0 Å². The van der Waals surface area contributed by atoms with Gasteiger partial charge in [-0.1, -0.05) is 0 Å². The van der Waals surface area contributed by atoms with Crippen molar-refractivity contribution in [3.05, 3.63) is 21.5 Å². The Morgan fingerprint density at radius 3 is 2.38 bits per heavy atom.